The van der Waals surface area contributed by atoms with Gasteiger partial charge in [0, 0.05) is 5.92 Å². The van der Waals surface area contributed by atoms with Crippen LogP contribution in [0, 0.1) is 35.3 Å². The molecule has 1 aromatic carbocycles. The van der Waals surface area contributed by atoms with Crippen LogP contribution < -0.4 is 4.74 Å². The van der Waals surface area contributed by atoms with Crippen LogP contribution in [-0.4, -0.2) is 6.61 Å². The van der Waals surface area contributed by atoms with Gasteiger partial charge in [0.25, 0.3) is 0 Å². The topological polar surface area (TPSA) is 9.23 Å². The van der Waals surface area contributed by atoms with Gasteiger partial charge in [-0.25, -0.2) is 4.39 Å². The van der Waals surface area contributed by atoms with Gasteiger partial charge in [0.05, 0.1) is 12.2 Å². The van der Waals surface area contributed by atoms with Crippen LogP contribution >= 0.6 is 0 Å². The fraction of sp³-hybridized carbons (Fsp3) is 0.444. The van der Waals surface area contributed by atoms with Crippen LogP contribution in [0.15, 0.2) is 24.8 Å². The largest absolute Gasteiger partial charge is 0.491 e. The quantitative estimate of drug-likeness (QED) is 0.579. The summed E-state index contributed by atoms with van der Waals surface area (Å²) in [4.78, 5) is 0. The molecule has 0 aromatic heterocycles. The molecule has 0 amide bonds. The van der Waals surface area contributed by atoms with Crippen molar-refractivity contribution in [2.75, 3.05) is 6.61 Å². The molecule has 3 heteroatoms. The zero-order valence-corrected chi connectivity index (χ0v) is 12.3. The van der Waals surface area contributed by atoms with E-state index in [-0.39, 0.29) is 17.2 Å². The fourth-order valence-electron chi connectivity index (χ4n) is 2.57. The SMILES string of the molecule is C=CC1CCC(C#Cc2ccc(OCC)c(F)c2F)CC1. The summed E-state index contributed by atoms with van der Waals surface area (Å²) in [7, 11) is 0. The van der Waals surface area contributed by atoms with Gasteiger partial charge in [-0.1, -0.05) is 17.9 Å². The number of hydrogen-bond donors (Lipinski definition) is 0. The Balaban J connectivity index is 2.09. The van der Waals surface area contributed by atoms with Gasteiger partial charge in [-0.05, 0) is 50.7 Å². The first-order valence-corrected chi connectivity index (χ1v) is 7.40. The second-order valence-electron chi connectivity index (χ2n) is 5.29. The van der Waals surface area contributed by atoms with Crippen LogP contribution in [0.4, 0.5) is 8.78 Å². The van der Waals surface area contributed by atoms with Crippen molar-refractivity contribution in [3.8, 4) is 17.6 Å². The highest BCUT2D eigenvalue weighted by Crippen LogP contribution is 2.29. The van der Waals surface area contributed by atoms with Crippen molar-refractivity contribution in [2.45, 2.75) is 32.6 Å². The minimum Gasteiger partial charge on any atom is -0.491 e. The summed E-state index contributed by atoms with van der Waals surface area (Å²) >= 11 is 0. The number of rotatable bonds is 3. The molecule has 21 heavy (non-hydrogen) atoms. The molecule has 1 aliphatic carbocycles. The molecule has 0 atom stereocenters. The van der Waals surface area contributed by atoms with Crippen LogP contribution in [-0.2, 0) is 0 Å². The second kappa shape index (κ2) is 7.26. The third-order valence-corrected chi connectivity index (χ3v) is 3.86. The molecule has 0 saturated heterocycles. The van der Waals surface area contributed by atoms with Crippen molar-refractivity contribution < 1.29 is 13.5 Å². The molecule has 1 nitrogen and oxygen atoms in total. The summed E-state index contributed by atoms with van der Waals surface area (Å²) in [6.07, 6.45) is 6.12. The molecule has 2 rings (SSSR count). The minimum absolute atomic E-state index is 0.0629. The van der Waals surface area contributed by atoms with Crippen molar-refractivity contribution in [3.63, 3.8) is 0 Å². The molecule has 1 fully saturated rings. The molecule has 112 valence electrons. The van der Waals surface area contributed by atoms with Crippen LogP contribution in [0.1, 0.15) is 38.2 Å². The monoisotopic (exact) mass is 290 g/mol. The summed E-state index contributed by atoms with van der Waals surface area (Å²) in [5, 5.41) is 0. The lowest BCUT2D eigenvalue weighted by molar-refractivity contribution is 0.314. The lowest BCUT2D eigenvalue weighted by atomic mass is 9.82. The Labute approximate surface area is 125 Å². The Morgan fingerprint density at radius 3 is 2.57 bits per heavy atom. The van der Waals surface area contributed by atoms with Gasteiger partial charge in [0.2, 0.25) is 5.82 Å². The predicted octanol–water partition coefficient (Wildman–Crippen LogP) is 4.71. The highest BCUT2D eigenvalue weighted by atomic mass is 19.2. The maximum atomic E-state index is 13.9. The van der Waals surface area contributed by atoms with Gasteiger partial charge in [-0.3, -0.25) is 0 Å². The number of benzene rings is 1. The number of allylic oxidation sites excluding steroid dienone is 1. The maximum absolute atomic E-state index is 13.9. The van der Waals surface area contributed by atoms with Crippen LogP contribution in [0.5, 0.6) is 5.75 Å². The smallest absolute Gasteiger partial charge is 0.201 e. The van der Waals surface area contributed by atoms with Gasteiger partial charge in [-0.2, -0.15) is 4.39 Å². The third-order valence-electron chi connectivity index (χ3n) is 3.86. The summed E-state index contributed by atoms with van der Waals surface area (Å²) in [5.74, 6) is 4.74. The zero-order chi connectivity index (χ0) is 15.2. The summed E-state index contributed by atoms with van der Waals surface area (Å²) < 4.78 is 32.6. The van der Waals surface area contributed by atoms with Gasteiger partial charge in [0.1, 0.15) is 0 Å². The Hall–Kier alpha value is -1.82. The van der Waals surface area contributed by atoms with E-state index in [4.69, 9.17) is 4.74 Å². The van der Waals surface area contributed by atoms with E-state index < -0.39 is 11.6 Å². The second-order valence-corrected chi connectivity index (χ2v) is 5.29. The number of ether oxygens (including phenoxy) is 1. The van der Waals surface area contributed by atoms with Gasteiger partial charge >= 0.3 is 0 Å². The predicted molar refractivity (Wildman–Crippen MR) is 80.1 cm³/mol. The molecule has 0 aliphatic heterocycles. The summed E-state index contributed by atoms with van der Waals surface area (Å²) in [5.41, 5.74) is 0.0989. The zero-order valence-electron chi connectivity index (χ0n) is 12.3. The summed E-state index contributed by atoms with van der Waals surface area (Å²) in [6.45, 7) is 5.83. The van der Waals surface area contributed by atoms with Gasteiger partial charge in [0.15, 0.2) is 11.6 Å². The van der Waals surface area contributed by atoms with Gasteiger partial charge in [-0.15, -0.1) is 6.58 Å². The maximum Gasteiger partial charge on any atom is 0.201 e. The van der Waals surface area contributed by atoms with E-state index in [0.29, 0.717) is 12.5 Å². The molecule has 0 bridgehead atoms. The Bertz CT molecular complexity index is 561. The average Bonchev–Trinajstić information content (AvgIpc) is 2.52. The first-order chi connectivity index (χ1) is 10.2. The van der Waals surface area contributed by atoms with Gasteiger partial charge < -0.3 is 4.74 Å². The molecular formula is C18H20F2O. The van der Waals surface area contributed by atoms with E-state index >= 15 is 0 Å². The molecular weight excluding hydrogens is 270 g/mol. The molecule has 1 aliphatic rings. The Morgan fingerprint density at radius 1 is 1.24 bits per heavy atom. The summed E-state index contributed by atoms with van der Waals surface area (Å²) in [6, 6.07) is 2.91. The van der Waals surface area contributed by atoms with E-state index in [9.17, 15) is 8.78 Å². The normalized spacial score (nSPS) is 21.3. The molecule has 1 aromatic rings. The lowest BCUT2D eigenvalue weighted by Crippen LogP contribution is -2.11. The Kier molecular flexibility index (Phi) is 5.38. The number of hydrogen-bond acceptors (Lipinski definition) is 1. The van der Waals surface area contributed by atoms with Crippen molar-refractivity contribution >= 4 is 0 Å². The molecule has 0 radical (unpaired) electrons. The van der Waals surface area contributed by atoms with Crippen LogP contribution in [0.2, 0.25) is 0 Å². The third kappa shape index (κ3) is 3.85. The van der Waals surface area contributed by atoms with Crippen molar-refractivity contribution in [3.05, 3.63) is 42.0 Å². The first-order valence-electron chi connectivity index (χ1n) is 7.40. The van der Waals surface area contributed by atoms with Crippen LogP contribution in [0.25, 0.3) is 0 Å². The average molecular weight is 290 g/mol. The van der Waals surface area contributed by atoms with Crippen molar-refractivity contribution in [1.29, 1.82) is 0 Å². The molecule has 1 saturated carbocycles. The van der Waals surface area contributed by atoms with E-state index in [1.165, 1.54) is 12.1 Å². The van der Waals surface area contributed by atoms with Crippen molar-refractivity contribution in [1.82, 2.24) is 0 Å². The van der Waals surface area contributed by atoms with E-state index in [2.05, 4.69) is 18.4 Å². The van der Waals surface area contributed by atoms with Crippen molar-refractivity contribution in [2.24, 2.45) is 11.8 Å². The number of halogens is 2. The minimum atomic E-state index is -0.959. The molecule has 0 heterocycles. The first kappa shape index (κ1) is 15.6. The van der Waals surface area contributed by atoms with Crippen LogP contribution in [0.3, 0.4) is 0 Å². The molecule has 0 spiro atoms. The fourth-order valence-corrected chi connectivity index (χ4v) is 2.57. The van der Waals surface area contributed by atoms with E-state index in [0.717, 1.165) is 25.7 Å². The van der Waals surface area contributed by atoms with E-state index in [1.54, 1.807) is 6.92 Å². The van der Waals surface area contributed by atoms with E-state index in [1.807, 2.05) is 6.08 Å². The molecule has 0 unspecified atom stereocenters. The molecule has 0 N–H and O–H groups in total. The highest BCUT2D eigenvalue weighted by Gasteiger charge is 2.18. The lowest BCUT2D eigenvalue weighted by Gasteiger charge is -2.22. The Morgan fingerprint density at radius 2 is 1.95 bits per heavy atom. The standard InChI is InChI=1S/C18H20F2O/c1-3-13-5-7-14(8-6-13)9-10-15-11-12-16(21-4-2)18(20)17(15)19/h3,11-14H,1,4-8H2,2H3. The highest BCUT2D eigenvalue weighted by molar-refractivity contribution is 5.41.